The second-order valence-corrected chi connectivity index (χ2v) is 31.9. The van der Waals surface area contributed by atoms with Gasteiger partial charge in [-0.15, -0.1) is 6.07 Å². The Morgan fingerprint density at radius 1 is 0.714 bits per heavy atom. The molecular weight excluding hydrogens is 1100 g/mol. The molecule has 5 aromatic heterocycles. The molecule has 10 rings (SSSR count). The molecule has 0 bridgehead atoms. The van der Waals surface area contributed by atoms with Gasteiger partial charge in [0.25, 0.3) is 0 Å². The first kappa shape index (κ1) is 50.4. The van der Waals surface area contributed by atoms with Crippen LogP contribution in [0.1, 0.15) is 82.5 Å². The zero-order valence-electron chi connectivity index (χ0n) is 42.6. The number of hydrogen-bond acceptors (Lipinski definition) is 5. The van der Waals surface area contributed by atoms with Crippen LogP contribution in [-0.2, 0) is 31.9 Å². The minimum atomic E-state index is -1.93. The van der Waals surface area contributed by atoms with Crippen LogP contribution >= 0.6 is 0 Å². The standard InChI is InChI=1S/C38H35N4O.C24H28GeN.Ir/c1-22(2)26-13-15-29-31-18-27(21-39-37(31)43-34(29)19-26)36-41-35-24(4)40-23(3)17-33(35)42(36)32-16-14-28(38(5,6)7)20-30(32)25-11-9-8-10-12-25;1-18(2)14-22-16-24(26-17-23(22)25(3,4)5)21-13-9-12-20(15-21)19-10-7-6-8-11-19;/h8-20,22H,1-7H3;6-12,15-18H,14H2,1-5H3;/q2*-1;. The maximum atomic E-state index is 6.19. The smallest absolute Gasteiger partial charge is 0.141 e. The summed E-state index contributed by atoms with van der Waals surface area (Å²) in [6, 6.07) is 50.6. The van der Waals surface area contributed by atoms with Crippen molar-refractivity contribution >= 4 is 50.8 Å². The molecule has 1 radical (unpaired) electrons. The van der Waals surface area contributed by atoms with E-state index in [0.29, 0.717) is 17.5 Å². The number of rotatable bonds is 9. The van der Waals surface area contributed by atoms with Crippen LogP contribution in [0.4, 0.5) is 0 Å². The first-order valence-corrected chi connectivity index (χ1v) is 31.7. The van der Waals surface area contributed by atoms with E-state index in [0.717, 1.165) is 84.7 Å². The predicted molar refractivity (Wildman–Crippen MR) is 291 cm³/mol. The van der Waals surface area contributed by atoms with Gasteiger partial charge in [0.1, 0.15) is 11.3 Å². The molecule has 0 atom stereocenters. The van der Waals surface area contributed by atoms with Crippen molar-refractivity contribution in [3.05, 3.63) is 180 Å². The molecule has 5 aromatic carbocycles. The van der Waals surface area contributed by atoms with Crippen molar-refractivity contribution in [3.8, 4) is 50.6 Å². The van der Waals surface area contributed by atoms with E-state index >= 15 is 0 Å². The number of fused-ring (bicyclic) bond motifs is 4. The summed E-state index contributed by atoms with van der Waals surface area (Å²) in [6.07, 6.45) is 6.54. The molecule has 8 heteroatoms. The zero-order valence-corrected chi connectivity index (χ0v) is 47.1. The van der Waals surface area contributed by atoms with Gasteiger partial charge in [0.15, 0.2) is 0 Å². The first-order valence-electron chi connectivity index (χ1n) is 24.3. The molecule has 0 aliphatic heterocycles. The Hall–Kier alpha value is -5.99. The molecule has 0 amide bonds. The SMILES string of the molecule is CC(C)Cc1cc(-c2[c-]ccc(-c3ccccc3)c2)nc[c]1[Ge]([CH3])([CH3])[CH3].Cc1cc2c(nc(-c3[c-]nc4oc5cc(C(C)C)ccc5c4c3)n2-c2ccc(C(C)(C)C)cc2-c2ccccc2)c(C)n1.[Ir]. The van der Waals surface area contributed by atoms with Crippen molar-refractivity contribution in [2.75, 3.05) is 0 Å². The first-order chi connectivity index (χ1) is 32.9. The average molecular weight is 1160 g/mol. The quantitative estimate of drug-likeness (QED) is 0.106. The van der Waals surface area contributed by atoms with Crippen molar-refractivity contribution in [3.63, 3.8) is 0 Å². The Balaban J connectivity index is 0.000000210. The minimum Gasteiger partial charge on any atom is -0.483 e. The summed E-state index contributed by atoms with van der Waals surface area (Å²) >= 11 is -1.93. The Morgan fingerprint density at radius 3 is 2.10 bits per heavy atom. The summed E-state index contributed by atoms with van der Waals surface area (Å²) in [5.74, 6) is 9.17. The number of furan rings is 1. The molecule has 0 fully saturated rings. The third-order valence-corrected chi connectivity index (χ3v) is 17.3. The van der Waals surface area contributed by atoms with Crippen molar-refractivity contribution < 1.29 is 24.5 Å². The van der Waals surface area contributed by atoms with Gasteiger partial charge in [-0.05, 0) is 77.7 Å². The van der Waals surface area contributed by atoms with Crippen molar-refractivity contribution in [1.82, 2.24) is 24.5 Å². The van der Waals surface area contributed by atoms with Gasteiger partial charge in [-0.25, -0.2) is 0 Å². The maximum Gasteiger partial charge on any atom is 0.141 e. The van der Waals surface area contributed by atoms with Crippen molar-refractivity contribution in [2.45, 2.75) is 97.3 Å². The summed E-state index contributed by atoms with van der Waals surface area (Å²) < 4.78 is 9.97. The van der Waals surface area contributed by atoms with Crippen LogP contribution < -0.4 is 4.40 Å². The largest absolute Gasteiger partial charge is 0.483 e. The number of nitrogens with zero attached hydrogens (tertiary/aromatic N) is 5. The molecule has 0 N–H and O–H groups in total. The normalized spacial score (nSPS) is 11.9. The number of pyridine rings is 3. The molecule has 0 aliphatic rings. The number of benzene rings is 5. The summed E-state index contributed by atoms with van der Waals surface area (Å²) in [5, 5.41) is 1.99. The molecule has 10 aromatic rings. The van der Waals surface area contributed by atoms with Crippen LogP contribution in [0.2, 0.25) is 17.3 Å². The minimum absolute atomic E-state index is 0. The molecule has 0 saturated heterocycles. The van der Waals surface area contributed by atoms with Gasteiger partial charge in [0.2, 0.25) is 0 Å². The third-order valence-electron chi connectivity index (χ3n) is 13.0. The third kappa shape index (κ3) is 10.5. The van der Waals surface area contributed by atoms with E-state index in [1.54, 1.807) is 0 Å². The Morgan fingerprint density at radius 2 is 1.43 bits per heavy atom. The summed E-state index contributed by atoms with van der Waals surface area (Å²) in [5.41, 5.74) is 17.8. The fraction of sp³-hybridized carbons (Fsp3) is 0.258. The van der Waals surface area contributed by atoms with Crippen molar-refractivity contribution in [2.24, 2.45) is 5.92 Å². The number of hydrogen-bond donors (Lipinski definition) is 0. The van der Waals surface area contributed by atoms with Crippen LogP contribution in [0.3, 0.4) is 0 Å². The van der Waals surface area contributed by atoms with Crippen LogP contribution in [0, 0.1) is 32.0 Å². The van der Waals surface area contributed by atoms with E-state index in [2.05, 4.69) is 221 Å². The van der Waals surface area contributed by atoms with E-state index in [4.69, 9.17) is 19.4 Å². The van der Waals surface area contributed by atoms with Gasteiger partial charge in [-0.2, -0.15) is 0 Å². The Bertz CT molecular complexity index is 3470. The fourth-order valence-corrected chi connectivity index (χ4v) is 12.6. The van der Waals surface area contributed by atoms with Gasteiger partial charge in [-0.1, -0.05) is 88.7 Å². The second-order valence-electron chi connectivity index (χ2n) is 21.3. The van der Waals surface area contributed by atoms with Gasteiger partial charge < -0.3 is 14.0 Å². The van der Waals surface area contributed by atoms with E-state index in [1.807, 2.05) is 19.9 Å². The summed E-state index contributed by atoms with van der Waals surface area (Å²) in [4.78, 5) is 19.5. The monoisotopic (exact) mass is 1160 g/mol. The van der Waals surface area contributed by atoms with Crippen LogP contribution in [0.25, 0.3) is 83.7 Å². The van der Waals surface area contributed by atoms with Crippen LogP contribution in [0.5, 0.6) is 0 Å². The second kappa shape index (κ2) is 20.4. The predicted octanol–water partition coefficient (Wildman–Crippen LogP) is 15.8. The molecule has 6 nitrogen and oxygen atoms in total. The molecule has 0 unspecified atom stereocenters. The maximum absolute atomic E-state index is 6.19. The molecular formula is C62H63GeIrN5O-2. The van der Waals surface area contributed by atoms with Crippen LogP contribution in [0.15, 0.2) is 144 Å². The molecule has 70 heavy (non-hydrogen) atoms. The van der Waals surface area contributed by atoms with E-state index < -0.39 is 13.3 Å². The van der Waals surface area contributed by atoms with Gasteiger partial charge >= 0.3 is 161 Å². The molecule has 0 aliphatic carbocycles. The van der Waals surface area contributed by atoms with Gasteiger partial charge in [0.05, 0.1) is 22.6 Å². The number of aromatic nitrogens is 5. The molecule has 0 spiro atoms. The van der Waals surface area contributed by atoms with Gasteiger partial charge in [-0.3, -0.25) is 9.97 Å². The molecule has 5 heterocycles. The summed E-state index contributed by atoms with van der Waals surface area (Å²) in [6.45, 7) is 19.8. The Labute approximate surface area is 430 Å². The fourth-order valence-electron chi connectivity index (χ4n) is 9.31. The Kier molecular flexibility index (Phi) is 14.7. The zero-order chi connectivity index (χ0) is 48.8. The molecule has 357 valence electrons. The molecule has 0 saturated carbocycles. The van der Waals surface area contributed by atoms with E-state index in [1.165, 1.54) is 32.2 Å². The van der Waals surface area contributed by atoms with E-state index in [9.17, 15) is 0 Å². The summed E-state index contributed by atoms with van der Waals surface area (Å²) in [7, 11) is 0. The number of aryl methyl sites for hydroxylation is 2. The van der Waals surface area contributed by atoms with E-state index in [-0.39, 0.29) is 25.5 Å². The average Bonchev–Trinajstić information content (AvgIpc) is 3.89. The topological polar surface area (TPSA) is 69.6 Å². The van der Waals surface area contributed by atoms with Crippen molar-refractivity contribution in [1.29, 1.82) is 0 Å². The number of imidazole rings is 1. The van der Waals surface area contributed by atoms with Gasteiger partial charge in [0, 0.05) is 42.4 Å². The van der Waals surface area contributed by atoms with Crippen LogP contribution in [-0.4, -0.2) is 37.8 Å².